The molecule has 0 unspecified atom stereocenters. The molecule has 202 valence electrons. The molecule has 2 aromatic carbocycles. The molecule has 0 spiro atoms. The number of hydrogen-bond donors (Lipinski definition) is 0. The lowest BCUT2D eigenvalue weighted by Crippen LogP contribution is -2.45. The Bertz CT molecular complexity index is 1400. The third-order valence-electron chi connectivity index (χ3n) is 7.53. The number of piperidine rings is 1. The molecule has 2 saturated heterocycles. The molecule has 0 N–H and O–H groups in total. The summed E-state index contributed by atoms with van der Waals surface area (Å²) in [6.45, 7) is 4.91. The summed E-state index contributed by atoms with van der Waals surface area (Å²) >= 11 is 1.62. The first kappa shape index (κ1) is 26.8. The van der Waals surface area contributed by atoms with Crippen LogP contribution in [0.15, 0.2) is 63.3 Å². The van der Waals surface area contributed by atoms with Gasteiger partial charge in [-0.1, -0.05) is 13.3 Å². The predicted octanol–water partition coefficient (Wildman–Crippen LogP) is 5.56. The standard InChI is InChI=1S/C29H35N3O4S2/c1-3-4-18-36-22-7-10-24(11-8-22)38(34,35)27-20-30-26-12-9-23(37-2)19-25(26)29(27)31-16-13-21(14-17-31)32-15-5-6-28(32)33/h7-12,19-21H,3-6,13-18H2,1-2H3. The van der Waals surface area contributed by atoms with Crippen molar-refractivity contribution in [1.82, 2.24) is 9.88 Å². The highest BCUT2D eigenvalue weighted by molar-refractivity contribution is 7.98. The number of aromatic nitrogens is 1. The number of ether oxygens (including phenoxy) is 1. The summed E-state index contributed by atoms with van der Waals surface area (Å²) in [6.07, 6.45) is 8.71. The van der Waals surface area contributed by atoms with Crippen molar-refractivity contribution >= 4 is 44.1 Å². The van der Waals surface area contributed by atoms with Crippen LogP contribution >= 0.6 is 11.8 Å². The molecule has 2 aliphatic heterocycles. The van der Waals surface area contributed by atoms with Crippen molar-refractivity contribution < 1.29 is 17.9 Å². The van der Waals surface area contributed by atoms with E-state index in [2.05, 4.69) is 16.8 Å². The monoisotopic (exact) mass is 553 g/mol. The zero-order valence-corrected chi connectivity index (χ0v) is 23.7. The zero-order chi connectivity index (χ0) is 26.7. The van der Waals surface area contributed by atoms with E-state index >= 15 is 0 Å². The number of sulfone groups is 1. The number of thioether (sulfide) groups is 1. The van der Waals surface area contributed by atoms with Crippen LogP contribution in [0.5, 0.6) is 5.75 Å². The van der Waals surface area contributed by atoms with Crippen molar-refractivity contribution in [3.05, 3.63) is 48.7 Å². The molecule has 1 aromatic heterocycles. The van der Waals surface area contributed by atoms with Crippen LogP contribution < -0.4 is 9.64 Å². The number of amides is 1. The van der Waals surface area contributed by atoms with Gasteiger partial charge in [0.05, 0.1) is 22.7 Å². The summed E-state index contributed by atoms with van der Waals surface area (Å²) in [5, 5.41) is 0.841. The average molecular weight is 554 g/mol. The topological polar surface area (TPSA) is 79.8 Å². The largest absolute Gasteiger partial charge is 0.494 e. The molecule has 7 nitrogen and oxygen atoms in total. The molecule has 3 heterocycles. The van der Waals surface area contributed by atoms with Gasteiger partial charge in [-0.05, 0) is 74.4 Å². The van der Waals surface area contributed by atoms with Gasteiger partial charge in [0.2, 0.25) is 15.7 Å². The predicted molar refractivity (Wildman–Crippen MR) is 152 cm³/mol. The fraction of sp³-hybridized carbons (Fsp3) is 0.448. The highest BCUT2D eigenvalue weighted by Gasteiger charge is 2.33. The van der Waals surface area contributed by atoms with Crippen LogP contribution in [-0.2, 0) is 14.6 Å². The normalized spacial score (nSPS) is 16.9. The van der Waals surface area contributed by atoms with Gasteiger partial charge >= 0.3 is 0 Å². The lowest BCUT2D eigenvalue weighted by molar-refractivity contribution is -0.130. The first-order chi connectivity index (χ1) is 18.4. The number of hydrogen-bond acceptors (Lipinski definition) is 7. The summed E-state index contributed by atoms with van der Waals surface area (Å²) in [6, 6.07) is 12.9. The van der Waals surface area contributed by atoms with Gasteiger partial charge in [0.15, 0.2) is 0 Å². The van der Waals surface area contributed by atoms with Gasteiger partial charge in [0.25, 0.3) is 0 Å². The second-order valence-electron chi connectivity index (χ2n) is 9.94. The van der Waals surface area contributed by atoms with Crippen LogP contribution in [0.1, 0.15) is 45.4 Å². The number of anilines is 1. The van der Waals surface area contributed by atoms with Gasteiger partial charge in [-0.2, -0.15) is 0 Å². The molecule has 2 fully saturated rings. The van der Waals surface area contributed by atoms with Crippen molar-refractivity contribution in [2.75, 3.05) is 37.4 Å². The Morgan fingerprint density at radius 1 is 1.08 bits per heavy atom. The number of unbranched alkanes of at least 4 members (excludes halogenated alkanes) is 1. The Hall–Kier alpha value is -2.78. The van der Waals surface area contributed by atoms with E-state index in [1.54, 1.807) is 36.0 Å². The lowest BCUT2D eigenvalue weighted by atomic mass is 10.0. The Kier molecular flexibility index (Phi) is 8.14. The van der Waals surface area contributed by atoms with Crippen LogP contribution in [0.2, 0.25) is 0 Å². The lowest BCUT2D eigenvalue weighted by Gasteiger charge is -2.38. The highest BCUT2D eigenvalue weighted by Crippen LogP contribution is 2.39. The minimum Gasteiger partial charge on any atom is -0.494 e. The van der Waals surface area contributed by atoms with Crippen molar-refractivity contribution in [1.29, 1.82) is 0 Å². The molecular formula is C29H35N3O4S2. The third-order valence-corrected chi connectivity index (χ3v) is 10.0. The molecule has 3 aromatic rings. The van der Waals surface area contributed by atoms with E-state index in [4.69, 9.17) is 4.74 Å². The molecule has 0 saturated carbocycles. The number of rotatable bonds is 9. The minimum absolute atomic E-state index is 0.219. The van der Waals surface area contributed by atoms with E-state index in [0.29, 0.717) is 37.6 Å². The van der Waals surface area contributed by atoms with Gasteiger partial charge in [0.1, 0.15) is 10.6 Å². The summed E-state index contributed by atoms with van der Waals surface area (Å²) in [7, 11) is -3.84. The Labute approximate surface area is 229 Å². The van der Waals surface area contributed by atoms with Gasteiger partial charge in [-0.3, -0.25) is 9.78 Å². The number of carbonyl (C=O) groups is 1. The number of benzene rings is 2. The van der Waals surface area contributed by atoms with E-state index in [1.165, 1.54) is 6.20 Å². The molecule has 0 atom stereocenters. The molecule has 0 bridgehead atoms. The fourth-order valence-electron chi connectivity index (χ4n) is 5.42. The van der Waals surface area contributed by atoms with Crippen LogP contribution in [0.4, 0.5) is 5.69 Å². The second-order valence-corrected chi connectivity index (χ2v) is 12.7. The quantitative estimate of drug-likeness (QED) is 0.254. The van der Waals surface area contributed by atoms with Gasteiger partial charge in [-0.25, -0.2) is 8.42 Å². The molecule has 9 heteroatoms. The summed E-state index contributed by atoms with van der Waals surface area (Å²) in [5.41, 5.74) is 1.48. The Morgan fingerprint density at radius 3 is 2.50 bits per heavy atom. The van der Waals surface area contributed by atoms with E-state index in [-0.39, 0.29) is 21.7 Å². The number of fused-ring (bicyclic) bond motifs is 1. The van der Waals surface area contributed by atoms with Crippen LogP contribution in [-0.4, -0.2) is 62.7 Å². The molecule has 38 heavy (non-hydrogen) atoms. The summed E-state index contributed by atoms with van der Waals surface area (Å²) in [4.78, 5) is 22.6. The van der Waals surface area contributed by atoms with Crippen molar-refractivity contribution in [3.63, 3.8) is 0 Å². The maximum atomic E-state index is 14.0. The average Bonchev–Trinajstić information content (AvgIpc) is 3.38. The number of pyridine rings is 1. The van der Waals surface area contributed by atoms with E-state index in [9.17, 15) is 13.2 Å². The first-order valence-corrected chi connectivity index (χ1v) is 16.1. The van der Waals surface area contributed by atoms with Crippen molar-refractivity contribution in [2.45, 2.75) is 66.2 Å². The number of nitrogens with zero attached hydrogens (tertiary/aromatic N) is 3. The molecule has 5 rings (SSSR count). The molecule has 2 aliphatic rings. The summed E-state index contributed by atoms with van der Waals surface area (Å²) < 4.78 is 33.8. The van der Waals surface area contributed by atoms with Gasteiger partial charge in [0, 0.05) is 48.6 Å². The molecule has 0 aliphatic carbocycles. The fourth-order valence-corrected chi connectivity index (χ4v) is 7.30. The third kappa shape index (κ3) is 5.36. The van der Waals surface area contributed by atoms with Crippen molar-refractivity contribution in [2.24, 2.45) is 0 Å². The maximum absolute atomic E-state index is 14.0. The molecule has 0 radical (unpaired) electrons. The minimum atomic E-state index is -3.84. The van der Waals surface area contributed by atoms with E-state index in [0.717, 1.165) is 54.4 Å². The smallest absolute Gasteiger partial charge is 0.222 e. The van der Waals surface area contributed by atoms with Gasteiger partial charge in [-0.15, -0.1) is 11.8 Å². The van der Waals surface area contributed by atoms with Crippen molar-refractivity contribution in [3.8, 4) is 5.75 Å². The first-order valence-electron chi connectivity index (χ1n) is 13.4. The van der Waals surface area contributed by atoms with Gasteiger partial charge < -0.3 is 14.5 Å². The van der Waals surface area contributed by atoms with E-state index < -0.39 is 9.84 Å². The number of likely N-dealkylation sites (tertiary alicyclic amines) is 1. The zero-order valence-electron chi connectivity index (χ0n) is 22.1. The molecule has 1 amide bonds. The SMILES string of the molecule is CCCCOc1ccc(S(=O)(=O)c2cnc3ccc(SC)cc3c2N2CCC(N3CCCC3=O)CC2)cc1. The molecular weight excluding hydrogens is 518 g/mol. The van der Waals surface area contributed by atoms with E-state index in [1.807, 2.05) is 29.4 Å². The highest BCUT2D eigenvalue weighted by atomic mass is 32.2. The van der Waals surface area contributed by atoms with Crippen LogP contribution in [0, 0.1) is 0 Å². The van der Waals surface area contributed by atoms with Crippen LogP contribution in [0.3, 0.4) is 0 Å². The Balaban J connectivity index is 1.51. The second kappa shape index (κ2) is 11.5. The maximum Gasteiger partial charge on any atom is 0.222 e. The number of carbonyl (C=O) groups excluding carboxylic acids is 1. The summed E-state index contributed by atoms with van der Waals surface area (Å²) in [5.74, 6) is 0.908. The Morgan fingerprint density at radius 2 is 1.84 bits per heavy atom. The van der Waals surface area contributed by atoms with Crippen LogP contribution in [0.25, 0.3) is 10.9 Å².